The molecule has 0 saturated carbocycles. The van der Waals surface area contributed by atoms with E-state index < -0.39 is 10.8 Å². The van der Waals surface area contributed by atoms with E-state index in [1.807, 2.05) is 43.0 Å². The second-order valence-electron chi connectivity index (χ2n) is 5.34. The number of carbonyl (C=O) groups excluding carboxylic acids is 1. The van der Waals surface area contributed by atoms with E-state index in [4.69, 9.17) is 16.3 Å². The third-order valence-corrected chi connectivity index (χ3v) is 5.60. The third-order valence-electron chi connectivity index (χ3n) is 3.94. The molecule has 3 unspecified atom stereocenters. The zero-order valence-corrected chi connectivity index (χ0v) is 14.5. The summed E-state index contributed by atoms with van der Waals surface area (Å²) in [6.45, 7) is 4.49. The van der Waals surface area contributed by atoms with Crippen molar-refractivity contribution in [2.24, 2.45) is 0 Å². The molecule has 1 heterocycles. The predicted molar refractivity (Wildman–Crippen MR) is 89.5 cm³/mol. The van der Waals surface area contributed by atoms with Crippen LogP contribution in [0.3, 0.4) is 0 Å². The van der Waals surface area contributed by atoms with Crippen LogP contribution in [0, 0.1) is 0 Å². The Labute approximate surface area is 139 Å². The van der Waals surface area contributed by atoms with Gasteiger partial charge in [0.2, 0.25) is 5.91 Å². The number of ether oxygens (including phenoxy) is 1. The molecule has 0 spiro atoms. The van der Waals surface area contributed by atoms with Gasteiger partial charge in [-0.15, -0.1) is 0 Å². The number of halogens is 1. The Balaban J connectivity index is 2.27. The second kappa shape index (κ2) is 8.09. The van der Waals surface area contributed by atoms with Crippen LogP contribution in [0.5, 0.6) is 0 Å². The first-order valence-electron chi connectivity index (χ1n) is 7.56. The van der Waals surface area contributed by atoms with E-state index in [1.165, 1.54) is 0 Å². The van der Waals surface area contributed by atoms with Crippen molar-refractivity contribution in [3.8, 4) is 0 Å². The van der Waals surface area contributed by atoms with Gasteiger partial charge in [0.25, 0.3) is 0 Å². The molecule has 0 radical (unpaired) electrons. The van der Waals surface area contributed by atoms with Crippen LogP contribution >= 0.6 is 11.6 Å². The smallest absolute Gasteiger partial charge is 0.249 e. The van der Waals surface area contributed by atoms with Crippen LogP contribution in [-0.2, 0) is 20.3 Å². The van der Waals surface area contributed by atoms with Crippen molar-refractivity contribution in [3.63, 3.8) is 0 Å². The van der Waals surface area contributed by atoms with E-state index in [1.54, 1.807) is 0 Å². The highest BCUT2D eigenvalue weighted by molar-refractivity contribution is 7.84. The second-order valence-corrected chi connectivity index (χ2v) is 7.57. The Hall–Kier alpha value is -0.910. The van der Waals surface area contributed by atoms with Gasteiger partial charge in [0.15, 0.2) is 0 Å². The first-order valence-corrected chi connectivity index (χ1v) is 9.42. The molecule has 1 aromatic rings. The van der Waals surface area contributed by atoms with Crippen molar-refractivity contribution in [2.75, 3.05) is 24.7 Å². The van der Waals surface area contributed by atoms with Crippen LogP contribution in [0.4, 0.5) is 0 Å². The Morgan fingerprint density at radius 1 is 1.36 bits per heavy atom. The molecule has 4 nitrogen and oxygen atoms in total. The molecule has 1 amide bonds. The molecule has 0 N–H and O–H groups in total. The number of benzene rings is 1. The maximum atomic E-state index is 12.4. The Bertz CT molecular complexity index is 535. The number of rotatable bonds is 6. The van der Waals surface area contributed by atoms with Gasteiger partial charge in [-0.2, -0.15) is 0 Å². The average Bonchev–Trinajstić information content (AvgIpc) is 2.53. The molecule has 22 heavy (non-hydrogen) atoms. The van der Waals surface area contributed by atoms with Crippen molar-refractivity contribution in [1.29, 1.82) is 0 Å². The van der Waals surface area contributed by atoms with Crippen molar-refractivity contribution < 1.29 is 13.7 Å². The highest BCUT2D eigenvalue weighted by atomic mass is 35.5. The first kappa shape index (κ1) is 17.4. The largest absolute Gasteiger partial charge is 0.369 e. The maximum Gasteiger partial charge on any atom is 0.249 e. The summed E-state index contributed by atoms with van der Waals surface area (Å²) in [5, 5.41) is 0.664. The summed E-state index contributed by atoms with van der Waals surface area (Å²) >= 11 is 5.94. The molecule has 0 aromatic heterocycles. The minimum atomic E-state index is -0.904. The number of amides is 1. The molecular formula is C16H22ClNO3S. The molecule has 1 fully saturated rings. The molecule has 0 aliphatic carbocycles. The summed E-state index contributed by atoms with van der Waals surface area (Å²) in [5.74, 6) is 1.09. The zero-order valence-electron chi connectivity index (χ0n) is 13.0. The Morgan fingerprint density at radius 3 is 2.64 bits per heavy atom. The summed E-state index contributed by atoms with van der Waals surface area (Å²) in [6, 6.07) is 7.31. The van der Waals surface area contributed by atoms with Gasteiger partial charge in [0.1, 0.15) is 6.61 Å². The van der Waals surface area contributed by atoms with Gasteiger partial charge in [-0.3, -0.25) is 9.00 Å². The van der Waals surface area contributed by atoms with Crippen LogP contribution in [0.2, 0.25) is 5.02 Å². The maximum absolute atomic E-state index is 12.4. The molecule has 1 aromatic carbocycles. The van der Waals surface area contributed by atoms with E-state index in [9.17, 15) is 9.00 Å². The Morgan fingerprint density at radius 2 is 2.05 bits per heavy atom. The fourth-order valence-corrected chi connectivity index (χ4v) is 3.90. The molecular weight excluding hydrogens is 322 g/mol. The fourth-order valence-electron chi connectivity index (χ4n) is 2.71. The van der Waals surface area contributed by atoms with E-state index in [0.717, 1.165) is 12.0 Å². The summed E-state index contributed by atoms with van der Waals surface area (Å²) in [4.78, 5) is 14.3. The Kier molecular flexibility index (Phi) is 6.41. The van der Waals surface area contributed by atoms with Gasteiger partial charge in [-0.25, -0.2) is 0 Å². The summed E-state index contributed by atoms with van der Waals surface area (Å²) in [6.07, 6.45) is 0.779. The SMILES string of the molecule is CCC(CS(=O)CC)N1C(=O)COCC1c1ccc(Cl)cc1. The summed E-state index contributed by atoms with van der Waals surface area (Å²) in [7, 11) is -0.904. The van der Waals surface area contributed by atoms with Gasteiger partial charge in [0.05, 0.1) is 12.6 Å². The number of morpholine rings is 1. The molecule has 1 aliphatic heterocycles. The van der Waals surface area contributed by atoms with Gasteiger partial charge in [-0.1, -0.05) is 37.6 Å². The number of hydrogen-bond acceptors (Lipinski definition) is 3. The van der Waals surface area contributed by atoms with Gasteiger partial charge in [-0.05, 0) is 24.1 Å². The lowest BCUT2D eigenvalue weighted by atomic mass is 10.0. The molecule has 2 rings (SSSR count). The lowest BCUT2D eigenvalue weighted by Gasteiger charge is -2.41. The predicted octanol–water partition coefficient (Wildman–Crippen LogP) is 2.79. The van der Waals surface area contributed by atoms with E-state index in [0.29, 0.717) is 23.1 Å². The van der Waals surface area contributed by atoms with Crippen molar-refractivity contribution >= 4 is 28.3 Å². The normalized spacial score (nSPS) is 21.7. The molecule has 6 heteroatoms. The number of nitrogens with zero attached hydrogens (tertiary/aromatic N) is 1. The minimum Gasteiger partial charge on any atom is -0.369 e. The lowest BCUT2D eigenvalue weighted by Crippen LogP contribution is -2.51. The molecule has 122 valence electrons. The third kappa shape index (κ3) is 4.09. The van der Waals surface area contributed by atoms with Crippen LogP contribution in [0.15, 0.2) is 24.3 Å². The van der Waals surface area contributed by atoms with Gasteiger partial charge in [0, 0.05) is 33.4 Å². The number of carbonyl (C=O) groups is 1. The summed E-state index contributed by atoms with van der Waals surface area (Å²) < 4.78 is 17.4. The van der Waals surface area contributed by atoms with E-state index in [-0.39, 0.29) is 24.6 Å². The molecule has 1 aliphatic rings. The van der Waals surface area contributed by atoms with Gasteiger partial charge >= 0.3 is 0 Å². The first-order chi connectivity index (χ1) is 10.6. The minimum absolute atomic E-state index is 0.0298. The highest BCUT2D eigenvalue weighted by Gasteiger charge is 2.35. The lowest BCUT2D eigenvalue weighted by molar-refractivity contribution is -0.151. The van der Waals surface area contributed by atoms with E-state index in [2.05, 4.69) is 0 Å². The van der Waals surface area contributed by atoms with Crippen LogP contribution in [0.1, 0.15) is 31.9 Å². The molecule has 1 saturated heterocycles. The average molecular weight is 344 g/mol. The highest BCUT2D eigenvalue weighted by Crippen LogP contribution is 2.29. The quantitative estimate of drug-likeness (QED) is 0.798. The monoisotopic (exact) mass is 343 g/mol. The van der Waals surface area contributed by atoms with E-state index >= 15 is 0 Å². The van der Waals surface area contributed by atoms with Crippen molar-refractivity contribution in [1.82, 2.24) is 4.90 Å². The van der Waals surface area contributed by atoms with Crippen LogP contribution in [-0.4, -0.2) is 45.8 Å². The topological polar surface area (TPSA) is 46.6 Å². The van der Waals surface area contributed by atoms with Gasteiger partial charge < -0.3 is 9.64 Å². The molecule has 3 atom stereocenters. The summed E-state index contributed by atoms with van der Waals surface area (Å²) in [5.41, 5.74) is 0.998. The van der Waals surface area contributed by atoms with Crippen molar-refractivity contribution in [2.45, 2.75) is 32.4 Å². The van der Waals surface area contributed by atoms with Crippen LogP contribution < -0.4 is 0 Å². The zero-order chi connectivity index (χ0) is 16.1. The standard InChI is InChI=1S/C16H22ClNO3S/c1-3-14(11-22(20)4-2)18-15(9-21-10-16(18)19)12-5-7-13(17)8-6-12/h5-8,14-15H,3-4,9-11H2,1-2H3. The fraction of sp³-hybridized carbons (Fsp3) is 0.562. The number of hydrogen-bond donors (Lipinski definition) is 0. The van der Waals surface area contributed by atoms with Crippen molar-refractivity contribution in [3.05, 3.63) is 34.9 Å². The molecule has 0 bridgehead atoms. The van der Waals surface area contributed by atoms with Crippen LogP contribution in [0.25, 0.3) is 0 Å².